The van der Waals surface area contributed by atoms with E-state index in [2.05, 4.69) is 41.3 Å². The average Bonchev–Trinajstić information content (AvgIpc) is 3.25. The molecule has 0 amide bonds. The van der Waals surface area contributed by atoms with Crippen molar-refractivity contribution in [3.8, 4) is 28.4 Å². The van der Waals surface area contributed by atoms with Gasteiger partial charge in [0.05, 0.1) is 12.7 Å². The van der Waals surface area contributed by atoms with Crippen molar-refractivity contribution in [2.24, 2.45) is 0 Å². The SMILES string of the molecule is COc1ccc(CN2COc3c(cc4c(c3C)O/C(=C\c3ccc(-c5ccccc5)cc3)C4=O)C2)cc1. The molecule has 0 unspecified atom stereocenters. The van der Waals surface area contributed by atoms with Crippen molar-refractivity contribution in [2.45, 2.75) is 20.0 Å². The number of nitrogens with zero attached hydrogens (tertiary/aromatic N) is 1. The summed E-state index contributed by atoms with van der Waals surface area (Å²) < 4.78 is 17.5. The Bertz CT molecular complexity index is 1490. The second-order valence-corrected chi connectivity index (χ2v) is 9.40. The van der Waals surface area contributed by atoms with Crippen LogP contribution in [0.4, 0.5) is 0 Å². The summed E-state index contributed by atoms with van der Waals surface area (Å²) in [4.78, 5) is 15.5. The number of carbonyl (C=O) groups is 1. The molecule has 0 N–H and O–H groups in total. The maximum Gasteiger partial charge on any atom is 0.231 e. The molecule has 4 aromatic rings. The molecule has 0 spiro atoms. The zero-order valence-corrected chi connectivity index (χ0v) is 20.9. The number of hydrogen-bond acceptors (Lipinski definition) is 5. The number of ether oxygens (including phenoxy) is 3. The van der Waals surface area contributed by atoms with Crippen LogP contribution in [0.1, 0.15) is 32.6 Å². The molecule has 37 heavy (non-hydrogen) atoms. The first kappa shape index (κ1) is 23.1. The monoisotopic (exact) mass is 489 g/mol. The number of benzene rings is 4. The predicted octanol–water partition coefficient (Wildman–Crippen LogP) is 6.64. The number of carbonyl (C=O) groups excluding carboxylic acids is 1. The largest absolute Gasteiger partial charge is 0.497 e. The summed E-state index contributed by atoms with van der Waals surface area (Å²) in [5, 5.41) is 0. The summed E-state index contributed by atoms with van der Waals surface area (Å²) in [6.45, 7) is 3.88. The number of ketones is 1. The lowest BCUT2D eigenvalue weighted by molar-refractivity contribution is 0.0876. The van der Waals surface area contributed by atoms with Gasteiger partial charge in [-0.25, -0.2) is 0 Å². The second-order valence-electron chi connectivity index (χ2n) is 9.40. The van der Waals surface area contributed by atoms with Crippen molar-refractivity contribution < 1.29 is 19.0 Å². The molecule has 2 aliphatic rings. The van der Waals surface area contributed by atoms with Crippen molar-refractivity contribution >= 4 is 11.9 Å². The molecule has 0 radical (unpaired) electrons. The summed E-state index contributed by atoms with van der Waals surface area (Å²) in [7, 11) is 1.67. The standard InChI is InChI=1S/C32H27NO4/c1-21-31-26(19-33(20-36-31)18-23-10-14-27(35-2)15-11-23)17-28-30(34)29(37-32(21)28)16-22-8-12-25(13-9-22)24-6-4-3-5-7-24/h3-17H,18-20H2,1-2H3/b29-16-. The minimum absolute atomic E-state index is 0.0969. The molecule has 5 nitrogen and oxygen atoms in total. The van der Waals surface area contributed by atoms with E-state index in [0.717, 1.165) is 45.9 Å². The summed E-state index contributed by atoms with van der Waals surface area (Å²) in [6, 6.07) is 28.3. The number of hydrogen-bond donors (Lipinski definition) is 0. The van der Waals surface area contributed by atoms with Gasteiger partial charge in [0.2, 0.25) is 5.78 Å². The van der Waals surface area contributed by atoms with E-state index in [4.69, 9.17) is 14.2 Å². The fourth-order valence-electron chi connectivity index (χ4n) is 4.94. The van der Waals surface area contributed by atoms with Gasteiger partial charge in [-0.1, -0.05) is 66.7 Å². The Labute approximate surface area is 216 Å². The first-order chi connectivity index (χ1) is 18.1. The quantitative estimate of drug-likeness (QED) is 0.294. The molecule has 6 rings (SSSR count). The van der Waals surface area contributed by atoms with Crippen LogP contribution in [-0.2, 0) is 13.1 Å². The average molecular weight is 490 g/mol. The molecular weight excluding hydrogens is 462 g/mol. The van der Waals surface area contributed by atoms with Crippen molar-refractivity contribution in [1.29, 1.82) is 0 Å². The summed E-state index contributed by atoms with van der Waals surface area (Å²) in [6.07, 6.45) is 1.81. The summed E-state index contributed by atoms with van der Waals surface area (Å²) in [5.74, 6) is 2.48. The van der Waals surface area contributed by atoms with Gasteiger partial charge in [0, 0.05) is 24.2 Å². The number of allylic oxidation sites excluding steroid dienone is 1. The number of methoxy groups -OCH3 is 1. The number of rotatable bonds is 5. The number of fused-ring (bicyclic) bond motifs is 2. The van der Waals surface area contributed by atoms with E-state index in [0.29, 0.717) is 30.3 Å². The van der Waals surface area contributed by atoms with Gasteiger partial charge in [-0.15, -0.1) is 0 Å². The van der Waals surface area contributed by atoms with E-state index < -0.39 is 0 Å². The molecule has 2 aliphatic heterocycles. The van der Waals surface area contributed by atoms with Gasteiger partial charge in [0.25, 0.3) is 0 Å². The van der Waals surface area contributed by atoms with Gasteiger partial charge >= 0.3 is 0 Å². The lowest BCUT2D eigenvalue weighted by Crippen LogP contribution is -2.32. The Hall–Kier alpha value is -4.35. The van der Waals surface area contributed by atoms with Gasteiger partial charge in [-0.05, 0) is 53.5 Å². The molecule has 4 aromatic carbocycles. The number of Topliss-reactive ketones (excluding diaryl/α,β-unsaturated/α-hetero) is 1. The van der Waals surface area contributed by atoms with Crippen molar-refractivity contribution in [3.05, 3.63) is 119 Å². The Kier molecular flexibility index (Phi) is 5.99. The van der Waals surface area contributed by atoms with Crippen LogP contribution in [0.2, 0.25) is 0 Å². The molecule has 5 heteroatoms. The van der Waals surface area contributed by atoms with Crippen LogP contribution in [0.15, 0.2) is 90.7 Å². The Morgan fingerprint density at radius 2 is 1.65 bits per heavy atom. The van der Waals surface area contributed by atoms with Gasteiger partial charge < -0.3 is 14.2 Å². The topological polar surface area (TPSA) is 48.0 Å². The molecule has 0 saturated heterocycles. The van der Waals surface area contributed by atoms with Crippen LogP contribution in [0.5, 0.6) is 17.2 Å². The predicted molar refractivity (Wildman–Crippen MR) is 144 cm³/mol. The maximum absolute atomic E-state index is 13.3. The van der Waals surface area contributed by atoms with Crippen LogP contribution in [0, 0.1) is 6.92 Å². The van der Waals surface area contributed by atoms with Gasteiger partial charge in [0.1, 0.15) is 24.0 Å². The summed E-state index contributed by atoms with van der Waals surface area (Å²) >= 11 is 0. The van der Waals surface area contributed by atoms with E-state index in [9.17, 15) is 4.79 Å². The molecule has 2 heterocycles. The minimum Gasteiger partial charge on any atom is -0.497 e. The molecule has 0 fully saturated rings. The lowest BCUT2D eigenvalue weighted by Gasteiger charge is -2.30. The summed E-state index contributed by atoms with van der Waals surface area (Å²) in [5.41, 5.74) is 6.84. The van der Waals surface area contributed by atoms with E-state index in [1.807, 2.05) is 61.5 Å². The Morgan fingerprint density at radius 1 is 0.919 bits per heavy atom. The fraction of sp³-hybridized carbons (Fsp3) is 0.156. The third-order valence-corrected chi connectivity index (χ3v) is 6.88. The smallest absolute Gasteiger partial charge is 0.231 e. The van der Waals surface area contributed by atoms with Crippen LogP contribution >= 0.6 is 0 Å². The third kappa shape index (κ3) is 4.50. The minimum atomic E-state index is -0.0969. The van der Waals surface area contributed by atoms with E-state index in [1.165, 1.54) is 5.56 Å². The van der Waals surface area contributed by atoms with E-state index >= 15 is 0 Å². The zero-order chi connectivity index (χ0) is 25.4. The van der Waals surface area contributed by atoms with Crippen molar-refractivity contribution in [2.75, 3.05) is 13.8 Å². The molecule has 0 aliphatic carbocycles. The molecule has 0 bridgehead atoms. The zero-order valence-electron chi connectivity index (χ0n) is 20.9. The molecule has 0 saturated carbocycles. The molecule has 0 atom stereocenters. The first-order valence-corrected chi connectivity index (χ1v) is 12.3. The van der Waals surface area contributed by atoms with Gasteiger partial charge in [-0.2, -0.15) is 0 Å². The normalized spacial score (nSPS) is 15.6. The highest BCUT2D eigenvalue weighted by Crippen LogP contribution is 2.43. The Morgan fingerprint density at radius 3 is 2.38 bits per heavy atom. The van der Waals surface area contributed by atoms with E-state index in [-0.39, 0.29) is 5.78 Å². The van der Waals surface area contributed by atoms with Crippen LogP contribution in [-0.4, -0.2) is 24.5 Å². The van der Waals surface area contributed by atoms with Gasteiger partial charge in [0.15, 0.2) is 5.76 Å². The molecular formula is C32H27NO4. The molecule has 184 valence electrons. The highest BCUT2D eigenvalue weighted by Gasteiger charge is 2.33. The van der Waals surface area contributed by atoms with Crippen molar-refractivity contribution in [1.82, 2.24) is 4.90 Å². The highest BCUT2D eigenvalue weighted by molar-refractivity contribution is 6.15. The first-order valence-electron chi connectivity index (χ1n) is 12.3. The van der Waals surface area contributed by atoms with Gasteiger partial charge in [-0.3, -0.25) is 9.69 Å². The van der Waals surface area contributed by atoms with Crippen molar-refractivity contribution in [3.63, 3.8) is 0 Å². The van der Waals surface area contributed by atoms with Crippen LogP contribution in [0.25, 0.3) is 17.2 Å². The highest BCUT2D eigenvalue weighted by atomic mass is 16.5. The fourth-order valence-corrected chi connectivity index (χ4v) is 4.94. The van der Waals surface area contributed by atoms with Crippen LogP contribution in [0.3, 0.4) is 0 Å². The second kappa shape index (κ2) is 9.60. The Balaban J connectivity index is 1.21. The maximum atomic E-state index is 13.3. The molecule has 0 aromatic heterocycles. The third-order valence-electron chi connectivity index (χ3n) is 6.88. The van der Waals surface area contributed by atoms with Crippen LogP contribution < -0.4 is 14.2 Å². The van der Waals surface area contributed by atoms with E-state index in [1.54, 1.807) is 7.11 Å². The lowest BCUT2D eigenvalue weighted by atomic mass is 9.99.